The predicted octanol–water partition coefficient (Wildman–Crippen LogP) is 3.44. The molecule has 1 aromatic heterocycles. The van der Waals surface area contributed by atoms with Crippen LogP contribution >= 0.6 is 11.8 Å². The summed E-state index contributed by atoms with van der Waals surface area (Å²) in [5.41, 5.74) is 8.99. The average molecular weight is 302 g/mol. The Balaban J connectivity index is 2.12. The molecule has 0 spiro atoms. The fourth-order valence-corrected chi connectivity index (χ4v) is 2.79. The number of hydrogen-bond acceptors (Lipinski definition) is 5. The zero-order chi connectivity index (χ0) is 15.2. The zero-order valence-electron chi connectivity index (χ0n) is 12.1. The molecule has 5 heteroatoms. The molecular weight excluding hydrogens is 284 g/mol. The topological polar surface area (TPSA) is 65.2 Å². The Bertz CT molecular complexity index is 644. The summed E-state index contributed by atoms with van der Waals surface area (Å²) in [6.45, 7) is 4.17. The van der Waals surface area contributed by atoms with E-state index in [1.165, 1.54) is 17.3 Å². The third-order valence-corrected chi connectivity index (χ3v) is 4.02. The van der Waals surface area contributed by atoms with Crippen molar-refractivity contribution in [1.82, 2.24) is 4.98 Å². The molecule has 2 N–H and O–H groups in total. The molecule has 0 aliphatic heterocycles. The van der Waals surface area contributed by atoms with Crippen molar-refractivity contribution in [2.45, 2.75) is 24.6 Å². The number of ether oxygens (including phenoxy) is 1. The maximum Gasteiger partial charge on any atom is 0.340 e. The summed E-state index contributed by atoms with van der Waals surface area (Å²) in [6.07, 6.45) is 1.51. The van der Waals surface area contributed by atoms with E-state index in [0.29, 0.717) is 17.9 Å². The lowest BCUT2D eigenvalue weighted by atomic mass is 10.1. The molecule has 0 radical (unpaired) electrons. The molecule has 21 heavy (non-hydrogen) atoms. The molecule has 0 amide bonds. The van der Waals surface area contributed by atoms with E-state index in [2.05, 4.69) is 24.0 Å². The Hall–Kier alpha value is -2.01. The molecule has 4 nitrogen and oxygen atoms in total. The van der Waals surface area contributed by atoms with Crippen molar-refractivity contribution in [2.75, 3.05) is 12.3 Å². The van der Waals surface area contributed by atoms with E-state index in [4.69, 9.17) is 10.5 Å². The van der Waals surface area contributed by atoms with Crippen molar-refractivity contribution in [1.29, 1.82) is 0 Å². The molecule has 0 bridgehead atoms. The minimum absolute atomic E-state index is 0.326. The lowest BCUT2D eigenvalue weighted by molar-refractivity contribution is 0.0527. The van der Waals surface area contributed by atoms with Crippen LogP contribution in [0.1, 0.15) is 28.4 Å². The van der Waals surface area contributed by atoms with Gasteiger partial charge in [0.2, 0.25) is 0 Å². The average Bonchev–Trinajstić information content (AvgIpc) is 2.48. The van der Waals surface area contributed by atoms with E-state index in [0.717, 1.165) is 10.8 Å². The molecule has 110 valence electrons. The second-order valence-electron chi connectivity index (χ2n) is 4.55. The normalized spacial score (nSPS) is 10.4. The van der Waals surface area contributed by atoms with Crippen LogP contribution in [0.2, 0.25) is 0 Å². The fraction of sp³-hybridized carbons (Fsp3) is 0.250. The van der Waals surface area contributed by atoms with Crippen LogP contribution in [0, 0.1) is 6.92 Å². The minimum Gasteiger partial charge on any atom is -0.462 e. The van der Waals surface area contributed by atoms with Crippen LogP contribution in [-0.2, 0) is 10.5 Å². The van der Waals surface area contributed by atoms with Crippen molar-refractivity contribution in [2.24, 2.45) is 0 Å². The number of anilines is 1. The summed E-state index contributed by atoms with van der Waals surface area (Å²) in [7, 11) is 0. The highest BCUT2D eigenvalue weighted by Gasteiger charge is 2.12. The number of rotatable bonds is 5. The van der Waals surface area contributed by atoms with Gasteiger partial charge in [-0.25, -0.2) is 9.78 Å². The maximum absolute atomic E-state index is 11.8. The molecule has 0 fully saturated rings. The predicted molar refractivity (Wildman–Crippen MR) is 85.3 cm³/mol. The van der Waals surface area contributed by atoms with Crippen molar-refractivity contribution >= 4 is 23.4 Å². The third kappa shape index (κ3) is 3.98. The monoisotopic (exact) mass is 302 g/mol. The number of pyridine rings is 1. The molecular formula is C16H18N2O2S. The highest BCUT2D eigenvalue weighted by atomic mass is 32.2. The maximum atomic E-state index is 11.8. The van der Waals surface area contributed by atoms with Crippen molar-refractivity contribution in [3.8, 4) is 0 Å². The van der Waals surface area contributed by atoms with Gasteiger partial charge < -0.3 is 10.5 Å². The minimum atomic E-state index is -0.407. The standard InChI is InChI=1S/C16H18N2O2S/c1-3-20-16(19)13-8-15(18-9-14(13)17)21-10-12-7-5-4-6-11(12)2/h4-9H,3,10,17H2,1-2H3. The Morgan fingerprint density at radius 2 is 2.14 bits per heavy atom. The van der Waals surface area contributed by atoms with E-state index in [-0.39, 0.29) is 0 Å². The number of nitrogens with zero attached hydrogens (tertiary/aromatic N) is 1. The van der Waals surface area contributed by atoms with Gasteiger partial charge in [-0.3, -0.25) is 0 Å². The first-order valence-corrected chi connectivity index (χ1v) is 7.70. The molecule has 2 rings (SSSR count). The van der Waals surface area contributed by atoms with Crippen LogP contribution in [0.3, 0.4) is 0 Å². The van der Waals surface area contributed by atoms with E-state index in [1.807, 2.05) is 12.1 Å². The molecule has 2 aromatic rings. The fourth-order valence-electron chi connectivity index (χ4n) is 1.84. The Morgan fingerprint density at radius 3 is 2.86 bits per heavy atom. The van der Waals surface area contributed by atoms with Gasteiger partial charge in [0.05, 0.1) is 29.1 Å². The largest absolute Gasteiger partial charge is 0.462 e. The highest BCUT2D eigenvalue weighted by molar-refractivity contribution is 7.98. The Morgan fingerprint density at radius 1 is 1.38 bits per heavy atom. The van der Waals surface area contributed by atoms with Gasteiger partial charge in [-0.05, 0) is 31.0 Å². The summed E-state index contributed by atoms with van der Waals surface area (Å²) in [6, 6.07) is 9.89. The zero-order valence-corrected chi connectivity index (χ0v) is 12.9. The Kier molecular flexibility index (Phi) is 5.22. The van der Waals surface area contributed by atoms with E-state index in [1.54, 1.807) is 24.8 Å². The third-order valence-electron chi connectivity index (χ3n) is 3.04. The molecule has 1 heterocycles. The van der Waals surface area contributed by atoms with Gasteiger partial charge in [0.25, 0.3) is 0 Å². The highest BCUT2D eigenvalue weighted by Crippen LogP contribution is 2.25. The molecule has 0 unspecified atom stereocenters. The second kappa shape index (κ2) is 7.13. The number of carbonyl (C=O) groups excluding carboxylic acids is 1. The van der Waals surface area contributed by atoms with Crippen LogP contribution in [0.25, 0.3) is 0 Å². The van der Waals surface area contributed by atoms with Gasteiger partial charge >= 0.3 is 5.97 Å². The first-order chi connectivity index (χ1) is 10.1. The van der Waals surface area contributed by atoms with Crippen LogP contribution < -0.4 is 5.73 Å². The first-order valence-electron chi connectivity index (χ1n) is 6.71. The van der Waals surface area contributed by atoms with Crippen LogP contribution in [0.15, 0.2) is 41.6 Å². The van der Waals surface area contributed by atoms with Gasteiger partial charge in [0.1, 0.15) is 0 Å². The number of nitrogens with two attached hydrogens (primary N) is 1. The lowest BCUT2D eigenvalue weighted by Crippen LogP contribution is -2.08. The first kappa shape index (κ1) is 15.4. The molecule has 1 aromatic carbocycles. The number of esters is 1. The van der Waals surface area contributed by atoms with Gasteiger partial charge in [0, 0.05) is 5.75 Å². The summed E-state index contributed by atoms with van der Waals surface area (Å²) in [5.74, 6) is 0.390. The quantitative estimate of drug-likeness (QED) is 0.677. The number of carbonyl (C=O) groups is 1. The van der Waals surface area contributed by atoms with E-state index >= 15 is 0 Å². The van der Waals surface area contributed by atoms with Crippen LogP contribution in [0.5, 0.6) is 0 Å². The lowest BCUT2D eigenvalue weighted by Gasteiger charge is -2.08. The van der Waals surface area contributed by atoms with Gasteiger partial charge in [-0.15, -0.1) is 11.8 Å². The number of hydrogen-bond donors (Lipinski definition) is 1. The van der Waals surface area contributed by atoms with Gasteiger partial charge in [0.15, 0.2) is 0 Å². The van der Waals surface area contributed by atoms with E-state index in [9.17, 15) is 4.79 Å². The number of benzene rings is 1. The summed E-state index contributed by atoms with van der Waals surface area (Å²) >= 11 is 1.57. The molecule has 0 aliphatic rings. The molecule has 0 saturated carbocycles. The van der Waals surface area contributed by atoms with Crippen LogP contribution in [-0.4, -0.2) is 17.6 Å². The molecule has 0 atom stereocenters. The molecule has 0 aliphatic carbocycles. The smallest absolute Gasteiger partial charge is 0.340 e. The van der Waals surface area contributed by atoms with Gasteiger partial charge in [-0.2, -0.15) is 0 Å². The number of aromatic nitrogens is 1. The van der Waals surface area contributed by atoms with E-state index < -0.39 is 5.97 Å². The molecule has 0 saturated heterocycles. The summed E-state index contributed by atoms with van der Waals surface area (Å²) < 4.78 is 4.99. The number of nitrogen functional groups attached to an aromatic ring is 1. The van der Waals surface area contributed by atoms with Crippen molar-refractivity contribution < 1.29 is 9.53 Å². The van der Waals surface area contributed by atoms with Gasteiger partial charge in [-0.1, -0.05) is 24.3 Å². The second-order valence-corrected chi connectivity index (χ2v) is 5.54. The van der Waals surface area contributed by atoms with Crippen molar-refractivity contribution in [3.63, 3.8) is 0 Å². The summed E-state index contributed by atoms with van der Waals surface area (Å²) in [5, 5.41) is 0.760. The summed E-state index contributed by atoms with van der Waals surface area (Å²) in [4.78, 5) is 16.1. The number of aryl methyl sites for hydroxylation is 1. The van der Waals surface area contributed by atoms with Crippen LogP contribution in [0.4, 0.5) is 5.69 Å². The Labute approximate surface area is 128 Å². The van der Waals surface area contributed by atoms with Crippen molar-refractivity contribution in [3.05, 3.63) is 53.2 Å². The number of thioether (sulfide) groups is 1. The SMILES string of the molecule is CCOC(=O)c1cc(SCc2ccccc2C)ncc1N.